The molecule has 0 radical (unpaired) electrons. The third kappa shape index (κ3) is 3.31. The number of halogens is 7. The summed E-state index contributed by atoms with van der Waals surface area (Å²) in [5.41, 5.74) is -1.30. The third-order valence-electron chi connectivity index (χ3n) is 1.66. The van der Waals surface area contributed by atoms with Crippen molar-refractivity contribution in [1.29, 1.82) is 0 Å². The van der Waals surface area contributed by atoms with Gasteiger partial charge in [-0.15, -0.1) is 0 Å². The van der Waals surface area contributed by atoms with Crippen LogP contribution in [0, 0.1) is 29.1 Å². The second-order valence-corrected chi connectivity index (χ2v) is 7.01. The largest absolute Gasteiger partial charge is 0.380 e. The zero-order valence-electron chi connectivity index (χ0n) is 7.62. The van der Waals surface area contributed by atoms with Gasteiger partial charge in [-0.3, -0.25) is 4.57 Å². The van der Waals surface area contributed by atoms with E-state index in [1.807, 2.05) is 0 Å². The lowest BCUT2D eigenvalue weighted by molar-refractivity contribution is 0.293. The Morgan fingerprint density at radius 1 is 0.882 bits per heavy atom. The van der Waals surface area contributed by atoms with Gasteiger partial charge < -0.3 is 4.52 Å². The highest BCUT2D eigenvalue weighted by atomic mass is 35.9. The molecule has 1 rings (SSSR count). The molecule has 1 aromatic carbocycles. The van der Waals surface area contributed by atoms with E-state index in [1.165, 1.54) is 0 Å². The van der Waals surface area contributed by atoms with Gasteiger partial charge in [0, 0.05) is 0 Å². The van der Waals surface area contributed by atoms with Gasteiger partial charge in [-0.05, 0) is 22.5 Å². The molecule has 0 saturated heterocycles. The van der Waals surface area contributed by atoms with Gasteiger partial charge in [-0.2, -0.15) is 0 Å². The minimum absolute atomic E-state index is 1.21. The summed E-state index contributed by atoms with van der Waals surface area (Å²) in [6.45, 7) is -1.21. The number of hydrogen-bond acceptors (Lipinski definition) is 2. The number of rotatable bonds is 3. The molecule has 0 heterocycles. The first-order valence-electron chi connectivity index (χ1n) is 3.79. The van der Waals surface area contributed by atoms with Gasteiger partial charge in [-0.25, -0.2) is 22.0 Å². The summed E-state index contributed by atoms with van der Waals surface area (Å²) in [6, 6.07) is 0. The van der Waals surface area contributed by atoms with Crippen molar-refractivity contribution in [2.45, 2.75) is 6.61 Å². The van der Waals surface area contributed by atoms with E-state index >= 15 is 0 Å². The third-order valence-corrected chi connectivity index (χ3v) is 2.68. The van der Waals surface area contributed by atoms with Crippen LogP contribution in [0.15, 0.2) is 0 Å². The van der Waals surface area contributed by atoms with Crippen molar-refractivity contribution in [1.82, 2.24) is 0 Å². The Morgan fingerprint density at radius 2 is 1.24 bits per heavy atom. The Labute approximate surface area is 101 Å². The Bertz CT molecular complexity index is 475. The zero-order valence-corrected chi connectivity index (χ0v) is 10.0. The smallest absolute Gasteiger partial charge is 0.301 e. The number of hydrogen-bond donors (Lipinski definition) is 0. The predicted octanol–water partition coefficient (Wildman–Crippen LogP) is 4.48. The minimum atomic E-state index is -4.14. The molecule has 0 aliphatic rings. The molecule has 0 spiro atoms. The molecule has 17 heavy (non-hydrogen) atoms. The van der Waals surface area contributed by atoms with Gasteiger partial charge in [0.05, 0.1) is 12.2 Å². The molecule has 0 unspecified atom stereocenters. The summed E-state index contributed by atoms with van der Waals surface area (Å²) in [5.74, 6) is -10.8. The van der Waals surface area contributed by atoms with Crippen molar-refractivity contribution >= 4 is 28.6 Å². The van der Waals surface area contributed by atoms with Crippen molar-refractivity contribution < 1.29 is 31.0 Å². The summed E-state index contributed by atoms with van der Waals surface area (Å²) in [6.07, 6.45) is -4.14. The van der Waals surface area contributed by atoms with Crippen LogP contribution in [0.5, 0.6) is 0 Å². The molecule has 0 saturated carbocycles. The van der Waals surface area contributed by atoms with E-state index < -0.39 is 47.3 Å². The molecule has 0 atom stereocenters. The van der Waals surface area contributed by atoms with Crippen LogP contribution in [0.25, 0.3) is 0 Å². The van der Waals surface area contributed by atoms with E-state index in [9.17, 15) is 26.5 Å². The Kier molecular flexibility index (Phi) is 4.41. The molecule has 96 valence electrons. The molecule has 2 nitrogen and oxygen atoms in total. The lowest BCUT2D eigenvalue weighted by Gasteiger charge is -2.08. The fraction of sp³-hybridized carbons (Fsp3) is 0.143. The van der Waals surface area contributed by atoms with Crippen molar-refractivity contribution in [3.05, 3.63) is 34.6 Å². The van der Waals surface area contributed by atoms with E-state index in [2.05, 4.69) is 4.52 Å². The highest BCUT2D eigenvalue weighted by Crippen LogP contribution is 2.58. The molecule has 10 heteroatoms. The quantitative estimate of drug-likeness (QED) is 0.356. The van der Waals surface area contributed by atoms with Gasteiger partial charge in [-0.1, -0.05) is 0 Å². The van der Waals surface area contributed by atoms with Crippen molar-refractivity contribution in [2.75, 3.05) is 0 Å². The van der Waals surface area contributed by atoms with Crippen molar-refractivity contribution in [2.24, 2.45) is 0 Å². The topological polar surface area (TPSA) is 26.3 Å². The lowest BCUT2D eigenvalue weighted by Crippen LogP contribution is -2.07. The Hall–Kier alpha value is -0.360. The van der Waals surface area contributed by atoms with Gasteiger partial charge in [0.2, 0.25) is 5.82 Å². The molecule has 0 aromatic heterocycles. The Morgan fingerprint density at radius 3 is 1.59 bits per heavy atom. The minimum Gasteiger partial charge on any atom is -0.301 e. The molecular weight excluding hydrogens is 313 g/mol. The van der Waals surface area contributed by atoms with Crippen LogP contribution in [-0.2, 0) is 15.7 Å². The van der Waals surface area contributed by atoms with Crippen LogP contribution >= 0.6 is 28.6 Å². The summed E-state index contributed by atoms with van der Waals surface area (Å²) in [5, 5.41) is 0. The van der Waals surface area contributed by atoms with E-state index in [-0.39, 0.29) is 0 Å². The van der Waals surface area contributed by atoms with Gasteiger partial charge in [0.15, 0.2) is 23.3 Å². The molecule has 0 aliphatic carbocycles. The standard InChI is InChI=1S/C7H2Cl2F5O2P/c8-17(9,15)16-1-2-3(10)5(12)7(14)6(13)4(2)11/h1H2. The van der Waals surface area contributed by atoms with Gasteiger partial charge in [0.1, 0.15) is 0 Å². The SMILES string of the molecule is O=P(Cl)(Cl)OCc1c(F)c(F)c(F)c(F)c1F. The molecular formula is C7H2Cl2F5O2P. The first-order chi connectivity index (χ1) is 7.65. The first-order valence-corrected chi connectivity index (χ1v) is 7.23. The van der Waals surface area contributed by atoms with Crippen molar-refractivity contribution in [3.63, 3.8) is 0 Å². The molecule has 1 aromatic rings. The average molecular weight is 315 g/mol. The fourth-order valence-electron chi connectivity index (χ4n) is 0.917. The first kappa shape index (κ1) is 14.7. The maximum atomic E-state index is 13.0. The molecule has 0 N–H and O–H groups in total. The predicted molar refractivity (Wildman–Crippen MR) is 50.3 cm³/mol. The summed E-state index contributed by atoms with van der Waals surface area (Å²) >= 11 is 9.78. The van der Waals surface area contributed by atoms with Crippen LogP contribution in [0.4, 0.5) is 22.0 Å². The summed E-state index contributed by atoms with van der Waals surface area (Å²) in [4.78, 5) is 0. The monoisotopic (exact) mass is 314 g/mol. The van der Waals surface area contributed by atoms with Crippen LogP contribution in [0.3, 0.4) is 0 Å². The average Bonchev–Trinajstić information content (AvgIpc) is 2.22. The van der Waals surface area contributed by atoms with E-state index in [0.29, 0.717) is 0 Å². The van der Waals surface area contributed by atoms with E-state index in [4.69, 9.17) is 22.5 Å². The van der Waals surface area contributed by atoms with Gasteiger partial charge >= 0.3 is 6.07 Å². The Balaban J connectivity index is 3.21. The normalized spacial score (nSPS) is 11.9. The van der Waals surface area contributed by atoms with E-state index in [1.54, 1.807) is 0 Å². The molecule has 0 amide bonds. The maximum Gasteiger partial charge on any atom is 0.380 e. The van der Waals surface area contributed by atoms with Crippen LogP contribution < -0.4 is 0 Å². The summed E-state index contributed by atoms with van der Waals surface area (Å²) in [7, 11) is 0. The maximum absolute atomic E-state index is 13.0. The van der Waals surface area contributed by atoms with Gasteiger partial charge in [0.25, 0.3) is 0 Å². The van der Waals surface area contributed by atoms with Crippen LogP contribution in [0.2, 0.25) is 0 Å². The van der Waals surface area contributed by atoms with E-state index in [0.717, 1.165) is 0 Å². The van der Waals surface area contributed by atoms with Crippen LogP contribution in [-0.4, -0.2) is 0 Å². The number of benzene rings is 1. The second kappa shape index (κ2) is 5.10. The summed E-state index contributed by atoms with van der Waals surface area (Å²) < 4.78 is 78.7. The second-order valence-electron chi connectivity index (χ2n) is 2.74. The van der Waals surface area contributed by atoms with Crippen LogP contribution in [0.1, 0.15) is 5.56 Å². The molecule has 0 aliphatic heterocycles. The zero-order chi connectivity index (χ0) is 13.4. The highest BCUT2D eigenvalue weighted by molar-refractivity contribution is 8.05. The fourth-order valence-corrected chi connectivity index (χ4v) is 1.49. The highest BCUT2D eigenvalue weighted by Gasteiger charge is 2.27. The lowest BCUT2D eigenvalue weighted by atomic mass is 10.2. The van der Waals surface area contributed by atoms with Crippen molar-refractivity contribution in [3.8, 4) is 0 Å². The molecule has 0 bridgehead atoms. The molecule has 0 fully saturated rings.